The number of aliphatic hydroxyl groups is 2. The number of nitrogens with zero attached hydrogens (tertiary/aromatic N) is 3. The molecular weight excluding hydrogens is 466 g/mol. The summed E-state index contributed by atoms with van der Waals surface area (Å²) in [6, 6.07) is 0.844. The Kier molecular flexibility index (Phi) is 8.23. The fourth-order valence-corrected chi connectivity index (χ4v) is 4.61. The van der Waals surface area contributed by atoms with E-state index in [1.165, 1.54) is 25.2 Å². The number of aliphatic hydroxyl groups excluding tert-OH is 2. The molecule has 0 radical (unpaired) electrons. The van der Waals surface area contributed by atoms with Crippen LogP contribution in [-0.2, 0) is 19.0 Å². The predicted molar refractivity (Wildman–Crippen MR) is 125 cm³/mol. The smallest absolute Gasteiger partial charge is 0.408 e. The van der Waals surface area contributed by atoms with E-state index < -0.39 is 48.2 Å². The summed E-state index contributed by atoms with van der Waals surface area (Å²) in [6.45, 7) is 5.17. The number of rotatable bonds is 8. The number of methoxy groups -OCH3 is 1. The quantitative estimate of drug-likeness (QED) is 0.301. The zero-order valence-electron chi connectivity index (χ0n) is 19.5. The van der Waals surface area contributed by atoms with Crippen molar-refractivity contribution < 1.29 is 34.0 Å². The van der Waals surface area contributed by atoms with Crippen molar-refractivity contribution in [2.75, 3.05) is 24.3 Å². The summed E-state index contributed by atoms with van der Waals surface area (Å²) >= 11 is 1.41. The number of thioether (sulfide) groups is 1. The van der Waals surface area contributed by atoms with Crippen LogP contribution in [0.3, 0.4) is 0 Å². The van der Waals surface area contributed by atoms with Crippen LogP contribution >= 0.6 is 11.8 Å². The number of ether oxygens (including phenoxy) is 3. The molecule has 1 aliphatic rings. The van der Waals surface area contributed by atoms with Crippen molar-refractivity contribution in [3.05, 3.63) is 18.6 Å². The van der Waals surface area contributed by atoms with E-state index in [1.807, 2.05) is 0 Å². The van der Waals surface area contributed by atoms with Gasteiger partial charge in [-0.15, -0.1) is 0 Å². The Morgan fingerprint density at radius 3 is 2.74 bits per heavy atom. The molecule has 1 amide bonds. The van der Waals surface area contributed by atoms with Crippen molar-refractivity contribution >= 4 is 40.7 Å². The van der Waals surface area contributed by atoms with Crippen molar-refractivity contribution in [2.24, 2.45) is 0 Å². The molecule has 3 heterocycles. The van der Waals surface area contributed by atoms with E-state index in [-0.39, 0.29) is 6.42 Å². The van der Waals surface area contributed by atoms with Gasteiger partial charge in [-0.2, -0.15) is 11.8 Å². The number of hydrogen-bond acceptors (Lipinski definition) is 11. The molecule has 5 N–H and O–H groups in total. The largest absolute Gasteiger partial charge is 0.467 e. The minimum Gasteiger partial charge on any atom is -0.467 e. The van der Waals surface area contributed by atoms with E-state index >= 15 is 0 Å². The van der Waals surface area contributed by atoms with Gasteiger partial charge in [-0.05, 0) is 39.0 Å². The molecular formula is C21H31N5O7S. The molecule has 1 fully saturated rings. The lowest BCUT2D eigenvalue weighted by atomic mass is 10.1. The van der Waals surface area contributed by atoms with Gasteiger partial charge in [-0.1, -0.05) is 0 Å². The van der Waals surface area contributed by atoms with Gasteiger partial charge >= 0.3 is 12.1 Å². The Morgan fingerprint density at radius 1 is 1.32 bits per heavy atom. The van der Waals surface area contributed by atoms with Crippen LogP contribution in [0.15, 0.2) is 18.6 Å². The average molecular weight is 498 g/mol. The molecule has 1 aliphatic heterocycles. The van der Waals surface area contributed by atoms with Crippen LogP contribution in [0.4, 0.5) is 10.6 Å². The van der Waals surface area contributed by atoms with E-state index in [1.54, 1.807) is 37.6 Å². The number of amides is 1. The van der Waals surface area contributed by atoms with Crippen molar-refractivity contribution in [1.82, 2.24) is 19.9 Å². The zero-order chi connectivity index (χ0) is 25.0. The van der Waals surface area contributed by atoms with Crippen molar-refractivity contribution in [3.8, 4) is 0 Å². The highest BCUT2D eigenvalue weighted by molar-refractivity contribution is 7.99. The summed E-state index contributed by atoms with van der Waals surface area (Å²) in [5.74, 6) is 0.536. The molecule has 12 nitrogen and oxygen atoms in total. The first-order valence-electron chi connectivity index (χ1n) is 10.8. The fourth-order valence-electron chi connectivity index (χ4n) is 3.53. The number of alkyl carbamates (subject to hydrolysis) is 1. The summed E-state index contributed by atoms with van der Waals surface area (Å²) in [6.07, 6.45) is -1.22. The number of aromatic nitrogens is 3. The number of hydrogen-bond donors (Lipinski definition) is 4. The molecule has 0 saturated carbocycles. The molecule has 2 aromatic rings. The third kappa shape index (κ3) is 6.09. The first-order valence-corrected chi connectivity index (χ1v) is 11.9. The minimum absolute atomic E-state index is 0.282. The Bertz CT molecular complexity index is 1010. The van der Waals surface area contributed by atoms with Crippen LogP contribution < -0.4 is 11.1 Å². The fraction of sp³-hybridized carbons (Fsp3) is 0.619. The Balaban J connectivity index is 1.55. The van der Waals surface area contributed by atoms with Gasteiger partial charge in [0, 0.05) is 11.9 Å². The minimum atomic E-state index is -1.17. The first-order chi connectivity index (χ1) is 16.0. The number of nitrogens with two attached hydrogens (primary N) is 1. The van der Waals surface area contributed by atoms with Gasteiger partial charge in [0.05, 0.1) is 18.6 Å². The maximum atomic E-state index is 12.0. The topological polar surface area (TPSA) is 171 Å². The predicted octanol–water partition coefficient (Wildman–Crippen LogP) is 0.822. The summed E-state index contributed by atoms with van der Waals surface area (Å²) < 4.78 is 17.5. The number of anilines is 1. The van der Waals surface area contributed by atoms with Gasteiger partial charge < -0.3 is 40.0 Å². The van der Waals surface area contributed by atoms with E-state index in [4.69, 9.17) is 19.9 Å². The number of carbonyl (C=O) groups excluding carboxylic acids is 2. The van der Waals surface area contributed by atoms with Gasteiger partial charge in [0.2, 0.25) is 0 Å². The second kappa shape index (κ2) is 10.8. The van der Waals surface area contributed by atoms with Crippen molar-refractivity contribution in [2.45, 2.75) is 63.4 Å². The highest BCUT2D eigenvalue weighted by Crippen LogP contribution is 2.34. The molecule has 34 heavy (non-hydrogen) atoms. The average Bonchev–Trinajstić information content (AvgIpc) is 3.31. The molecule has 0 aromatic carbocycles. The van der Waals surface area contributed by atoms with Gasteiger partial charge in [0.1, 0.15) is 41.6 Å². The summed E-state index contributed by atoms with van der Waals surface area (Å²) in [5, 5.41) is 24.2. The van der Waals surface area contributed by atoms with Gasteiger partial charge in [0.25, 0.3) is 0 Å². The van der Waals surface area contributed by atoms with Crippen LogP contribution in [-0.4, -0.2) is 85.4 Å². The third-order valence-corrected chi connectivity index (χ3v) is 6.25. The molecule has 2 aromatic heterocycles. The molecule has 13 heteroatoms. The van der Waals surface area contributed by atoms with Gasteiger partial charge in [-0.25, -0.2) is 19.6 Å². The Labute approximate surface area is 201 Å². The van der Waals surface area contributed by atoms with Crippen LogP contribution in [0.1, 0.15) is 33.4 Å². The van der Waals surface area contributed by atoms with Crippen molar-refractivity contribution in [1.29, 1.82) is 0 Å². The molecule has 0 aliphatic carbocycles. The lowest BCUT2D eigenvalue weighted by Gasteiger charge is -2.22. The molecule has 0 bridgehead atoms. The standard InChI is InChI=1S/C21H31N5O7S/c1-21(2,3)33-20(30)25-12(19(29)31-4)6-8-34-9-13-14(27)15(28)18(32-13)26-7-5-11-16(22)23-10-24-17(11)26/h5,7,10,12-15,18,27-28H,6,8-9H2,1-4H3,(H,25,30)(H2,22,23,24)/t12-,13-,14-,15-,18-/m1/s1. The number of nitrogen functional groups attached to an aromatic ring is 1. The van der Waals surface area contributed by atoms with Crippen LogP contribution in [0.5, 0.6) is 0 Å². The Hall–Kier alpha value is -2.61. The molecule has 1 saturated heterocycles. The van der Waals surface area contributed by atoms with Crippen LogP contribution in [0.25, 0.3) is 11.0 Å². The Morgan fingerprint density at radius 2 is 2.06 bits per heavy atom. The summed E-state index contributed by atoms with van der Waals surface area (Å²) in [7, 11) is 1.24. The lowest BCUT2D eigenvalue weighted by Crippen LogP contribution is -2.44. The molecule has 0 spiro atoms. The zero-order valence-corrected chi connectivity index (χ0v) is 20.3. The number of fused-ring (bicyclic) bond motifs is 1. The highest BCUT2D eigenvalue weighted by atomic mass is 32.2. The van der Waals surface area contributed by atoms with E-state index in [0.717, 1.165) is 0 Å². The molecule has 188 valence electrons. The van der Waals surface area contributed by atoms with E-state index in [2.05, 4.69) is 15.3 Å². The van der Waals surface area contributed by atoms with Gasteiger partial charge in [-0.3, -0.25) is 0 Å². The normalized spacial score (nSPS) is 23.6. The number of nitrogens with one attached hydrogen (secondary N) is 1. The van der Waals surface area contributed by atoms with E-state index in [0.29, 0.717) is 28.4 Å². The molecule has 5 atom stereocenters. The third-order valence-electron chi connectivity index (χ3n) is 5.16. The number of carbonyl (C=O) groups is 2. The monoisotopic (exact) mass is 497 g/mol. The summed E-state index contributed by atoms with van der Waals surface area (Å²) in [4.78, 5) is 32.2. The van der Waals surface area contributed by atoms with Crippen molar-refractivity contribution in [3.63, 3.8) is 0 Å². The SMILES string of the molecule is COC(=O)[C@@H](CCSC[C@H]1O[C@@H](n2ccc3c(N)ncnc32)[C@H](O)[C@@H]1O)NC(=O)OC(C)(C)C. The maximum absolute atomic E-state index is 12.0. The van der Waals surface area contributed by atoms with Crippen LogP contribution in [0, 0.1) is 0 Å². The number of esters is 1. The van der Waals surface area contributed by atoms with E-state index in [9.17, 15) is 19.8 Å². The van der Waals surface area contributed by atoms with Gasteiger partial charge in [0.15, 0.2) is 6.23 Å². The highest BCUT2D eigenvalue weighted by Gasteiger charge is 2.44. The maximum Gasteiger partial charge on any atom is 0.408 e. The molecule has 0 unspecified atom stereocenters. The second-order valence-corrected chi connectivity index (χ2v) is 10.0. The first kappa shape index (κ1) is 26.0. The lowest BCUT2D eigenvalue weighted by molar-refractivity contribution is -0.143. The summed E-state index contributed by atoms with van der Waals surface area (Å²) in [5.41, 5.74) is 5.66. The molecule has 3 rings (SSSR count). The second-order valence-electron chi connectivity index (χ2n) is 8.85. The van der Waals surface area contributed by atoms with Crippen LogP contribution in [0.2, 0.25) is 0 Å².